The quantitative estimate of drug-likeness (QED) is 0.666. The van der Waals surface area contributed by atoms with E-state index in [4.69, 9.17) is 10.5 Å². The molecule has 0 spiro atoms. The van der Waals surface area contributed by atoms with Crippen LogP contribution in [0.2, 0.25) is 0 Å². The number of methoxy groups -OCH3 is 1. The summed E-state index contributed by atoms with van der Waals surface area (Å²) in [5.74, 6) is 0.198. The van der Waals surface area contributed by atoms with Crippen molar-refractivity contribution < 1.29 is 9.84 Å². The van der Waals surface area contributed by atoms with Crippen LogP contribution in [-0.2, 0) is 11.3 Å². The molecule has 1 rings (SSSR count). The molecule has 0 aromatic heterocycles. The first-order valence-electron chi connectivity index (χ1n) is 6.77. The van der Waals surface area contributed by atoms with E-state index in [2.05, 4.69) is 24.4 Å². The van der Waals surface area contributed by atoms with Gasteiger partial charge in [-0.3, -0.25) is 0 Å². The summed E-state index contributed by atoms with van der Waals surface area (Å²) in [4.78, 5) is 0. The van der Waals surface area contributed by atoms with E-state index in [1.54, 1.807) is 7.11 Å². The second kappa shape index (κ2) is 8.27. The molecule has 0 aliphatic heterocycles. The van der Waals surface area contributed by atoms with Crippen LogP contribution in [-0.4, -0.2) is 31.4 Å². The number of nitrogens with two attached hydrogens (primary N) is 1. The molecule has 1 aromatic carbocycles. The average Bonchev–Trinajstić information content (AvgIpc) is 2.44. The molecule has 108 valence electrons. The van der Waals surface area contributed by atoms with E-state index in [0.717, 1.165) is 5.56 Å². The average molecular weight is 266 g/mol. The Hall–Kier alpha value is -0.940. The Balaban J connectivity index is 2.84. The minimum atomic E-state index is 0.0790. The minimum Gasteiger partial charge on any atom is -0.396 e. The Morgan fingerprint density at radius 3 is 2.58 bits per heavy atom. The van der Waals surface area contributed by atoms with Gasteiger partial charge in [0, 0.05) is 32.3 Å². The normalized spacial score (nSPS) is 16.1. The van der Waals surface area contributed by atoms with Crippen LogP contribution < -0.4 is 11.1 Å². The molecule has 1 aromatic rings. The summed E-state index contributed by atoms with van der Waals surface area (Å²) in [6.07, 6.45) is 0. The number of nitrogens with one attached hydrogen (secondary N) is 1. The van der Waals surface area contributed by atoms with Crippen molar-refractivity contribution in [3.8, 4) is 0 Å². The topological polar surface area (TPSA) is 67.5 Å². The predicted molar refractivity (Wildman–Crippen MR) is 77.8 cm³/mol. The second-order valence-electron chi connectivity index (χ2n) is 5.04. The first kappa shape index (κ1) is 16.1. The maximum atomic E-state index is 9.21. The van der Waals surface area contributed by atoms with Crippen LogP contribution in [0.5, 0.6) is 0 Å². The van der Waals surface area contributed by atoms with Gasteiger partial charge in [0.15, 0.2) is 0 Å². The summed E-state index contributed by atoms with van der Waals surface area (Å²) in [5, 5.41) is 12.7. The highest BCUT2D eigenvalue weighted by atomic mass is 16.5. The van der Waals surface area contributed by atoms with E-state index in [1.165, 1.54) is 5.56 Å². The lowest BCUT2D eigenvalue weighted by Gasteiger charge is -2.27. The van der Waals surface area contributed by atoms with Crippen LogP contribution in [0.1, 0.15) is 31.0 Å². The number of hydrogen-bond acceptors (Lipinski definition) is 4. The monoisotopic (exact) mass is 266 g/mol. The maximum Gasteiger partial charge on any atom is 0.0716 e. The number of hydrogen-bond donors (Lipinski definition) is 3. The molecule has 0 aliphatic carbocycles. The fourth-order valence-corrected chi connectivity index (χ4v) is 2.09. The summed E-state index contributed by atoms with van der Waals surface area (Å²) >= 11 is 0. The number of rotatable bonds is 8. The van der Waals surface area contributed by atoms with Gasteiger partial charge in [-0.1, -0.05) is 31.2 Å². The zero-order chi connectivity index (χ0) is 14.3. The molecule has 3 unspecified atom stereocenters. The van der Waals surface area contributed by atoms with Crippen LogP contribution >= 0.6 is 0 Å². The minimum absolute atomic E-state index is 0.0790. The molecule has 4 heteroatoms. The third kappa shape index (κ3) is 4.58. The summed E-state index contributed by atoms with van der Waals surface area (Å²) in [6, 6.07) is 8.44. The molecule has 0 amide bonds. The molecule has 0 saturated carbocycles. The number of aliphatic hydroxyl groups is 1. The molecule has 0 fully saturated rings. The maximum absolute atomic E-state index is 9.21. The highest BCUT2D eigenvalue weighted by molar-refractivity contribution is 5.30. The molecular weight excluding hydrogens is 240 g/mol. The fraction of sp³-hybridized carbons (Fsp3) is 0.600. The Kier molecular flexibility index (Phi) is 7.02. The summed E-state index contributed by atoms with van der Waals surface area (Å²) in [5.41, 5.74) is 8.21. The van der Waals surface area contributed by atoms with Gasteiger partial charge < -0.3 is 20.9 Å². The van der Waals surface area contributed by atoms with Crippen molar-refractivity contribution in [1.29, 1.82) is 0 Å². The highest BCUT2D eigenvalue weighted by Crippen LogP contribution is 2.19. The van der Waals surface area contributed by atoms with Crippen LogP contribution in [0.25, 0.3) is 0 Å². The standard InChI is InChI=1S/C15H26N2O2/c1-11(9-18)12(2)17-15(8-16)14-7-5-4-6-13(14)10-19-3/h4-7,11-12,15,17-18H,8-10,16H2,1-3H3. The van der Waals surface area contributed by atoms with Crippen LogP contribution in [0.3, 0.4) is 0 Å². The van der Waals surface area contributed by atoms with E-state index < -0.39 is 0 Å². The van der Waals surface area contributed by atoms with Crippen molar-refractivity contribution in [2.75, 3.05) is 20.3 Å². The molecule has 4 nitrogen and oxygen atoms in total. The van der Waals surface area contributed by atoms with Crippen LogP contribution in [0, 0.1) is 5.92 Å². The van der Waals surface area contributed by atoms with Crippen LogP contribution in [0.4, 0.5) is 0 Å². The van der Waals surface area contributed by atoms with Gasteiger partial charge in [0.05, 0.1) is 6.61 Å². The number of aliphatic hydroxyl groups excluding tert-OH is 1. The number of ether oxygens (including phenoxy) is 1. The molecule has 3 atom stereocenters. The second-order valence-corrected chi connectivity index (χ2v) is 5.04. The predicted octanol–water partition coefficient (Wildman–Crippen LogP) is 1.44. The summed E-state index contributed by atoms with van der Waals surface area (Å²) in [7, 11) is 1.69. The van der Waals surface area contributed by atoms with Crippen molar-refractivity contribution in [3.63, 3.8) is 0 Å². The first-order valence-corrected chi connectivity index (χ1v) is 6.77. The smallest absolute Gasteiger partial charge is 0.0716 e. The van der Waals surface area contributed by atoms with Crippen molar-refractivity contribution in [1.82, 2.24) is 5.32 Å². The molecule has 0 saturated heterocycles. The molecular formula is C15H26N2O2. The number of benzene rings is 1. The Morgan fingerprint density at radius 2 is 2.00 bits per heavy atom. The molecule has 4 N–H and O–H groups in total. The zero-order valence-corrected chi connectivity index (χ0v) is 12.1. The molecule has 0 heterocycles. The third-order valence-corrected chi connectivity index (χ3v) is 3.57. The van der Waals surface area contributed by atoms with Gasteiger partial charge in [0.1, 0.15) is 0 Å². The first-order chi connectivity index (χ1) is 9.13. The Labute approximate surface area is 116 Å². The van der Waals surface area contributed by atoms with E-state index in [1.807, 2.05) is 19.1 Å². The van der Waals surface area contributed by atoms with Crippen molar-refractivity contribution in [2.45, 2.75) is 32.5 Å². The van der Waals surface area contributed by atoms with Crippen molar-refractivity contribution in [3.05, 3.63) is 35.4 Å². The van der Waals surface area contributed by atoms with Gasteiger partial charge >= 0.3 is 0 Å². The third-order valence-electron chi connectivity index (χ3n) is 3.57. The van der Waals surface area contributed by atoms with Crippen LogP contribution in [0.15, 0.2) is 24.3 Å². The van der Waals surface area contributed by atoms with Crippen molar-refractivity contribution >= 4 is 0 Å². The van der Waals surface area contributed by atoms with Gasteiger partial charge in [0.2, 0.25) is 0 Å². The van der Waals surface area contributed by atoms with Gasteiger partial charge in [-0.25, -0.2) is 0 Å². The molecule has 0 radical (unpaired) electrons. The Morgan fingerprint density at radius 1 is 1.32 bits per heavy atom. The fourth-order valence-electron chi connectivity index (χ4n) is 2.09. The summed E-state index contributed by atoms with van der Waals surface area (Å²) < 4.78 is 5.23. The van der Waals surface area contributed by atoms with E-state index in [-0.39, 0.29) is 24.6 Å². The molecule has 0 bridgehead atoms. The zero-order valence-electron chi connectivity index (χ0n) is 12.1. The SMILES string of the molecule is COCc1ccccc1C(CN)NC(C)C(C)CO. The molecule has 19 heavy (non-hydrogen) atoms. The van der Waals surface area contributed by atoms with E-state index in [9.17, 15) is 5.11 Å². The van der Waals surface area contributed by atoms with Gasteiger partial charge in [-0.2, -0.15) is 0 Å². The lowest BCUT2D eigenvalue weighted by atomic mass is 9.97. The highest BCUT2D eigenvalue weighted by Gasteiger charge is 2.18. The van der Waals surface area contributed by atoms with Gasteiger partial charge in [0.25, 0.3) is 0 Å². The van der Waals surface area contributed by atoms with Gasteiger partial charge in [-0.05, 0) is 24.0 Å². The lowest BCUT2D eigenvalue weighted by Crippen LogP contribution is -2.40. The van der Waals surface area contributed by atoms with Crippen molar-refractivity contribution in [2.24, 2.45) is 11.7 Å². The lowest BCUT2D eigenvalue weighted by molar-refractivity contribution is 0.182. The molecule has 0 aliphatic rings. The van der Waals surface area contributed by atoms with E-state index >= 15 is 0 Å². The Bertz CT molecular complexity index is 371. The van der Waals surface area contributed by atoms with Gasteiger partial charge in [-0.15, -0.1) is 0 Å². The van der Waals surface area contributed by atoms with E-state index in [0.29, 0.717) is 13.2 Å². The largest absolute Gasteiger partial charge is 0.396 e. The summed E-state index contributed by atoms with van der Waals surface area (Å²) in [6.45, 7) is 5.36.